The van der Waals surface area contributed by atoms with Gasteiger partial charge in [0.2, 0.25) is 5.91 Å². The number of benzene rings is 2. The van der Waals surface area contributed by atoms with Crippen molar-refractivity contribution in [3.05, 3.63) is 69.2 Å². The molecule has 36 heavy (non-hydrogen) atoms. The lowest BCUT2D eigenvalue weighted by atomic mass is 9.93. The van der Waals surface area contributed by atoms with Crippen molar-refractivity contribution in [2.45, 2.75) is 19.0 Å². The molecule has 0 aliphatic carbocycles. The third-order valence-electron chi connectivity index (χ3n) is 5.98. The zero-order valence-electron chi connectivity index (χ0n) is 18.7. The number of nitrogens with one attached hydrogen (secondary N) is 2. The quantitative estimate of drug-likeness (QED) is 0.479. The normalized spacial score (nSPS) is 18.3. The summed E-state index contributed by atoms with van der Waals surface area (Å²) in [5, 5.41) is 10.8. The van der Waals surface area contributed by atoms with Crippen LogP contribution in [0.3, 0.4) is 0 Å². The number of H-pyrrole nitrogens is 1. The summed E-state index contributed by atoms with van der Waals surface area (Å²) in [4.78, 5) is 31.1. The maximum absolute atomic E-state index is 13.9. The fraction of sp³-hybridized carbons (Fsp3) is 0.250. The van der Waals surface area contributed by atoms with Crippen molar-refractivity contribution in [2.24, 2.45) is 4.99 Å². The van der Waals surface area contributed by atoms with E-state index in [2.05, 4.69) is 20.5 Å². The van der Waals surface area contributed by atoms with Gasteiger partial charge in [-0.25, -0.2) is 0 Å². The fourth-order valence-corrected chi connectivity index (χ4v) is 5.42. The smallest absolute Gasteiger partial charge is 0.354 e. The standard InChI is InChI=1S/C24H19ClF3N5O2S/c25-16-3-1-14(18(11-16)24(26,27)28)10-17(13-2-4-19-15(9-13)12-30-32-19)21-22(35)31-23(36-21)33-7-5-20(34)29-6-8-33/h1-4,9,11-12H,5-8,10H2,(H,29,34)(H,30,32). The van der Waals surface area contributed by atoms with Crippen LogP contribution in [-0.2, 0) is 22.2 Å². The molecule has 0 saturated carbocycles. The Morgan fingerprint density at radius 2 is 1.97 bits per heavy atom. The highest BCUT2D eigenvalue weighted by Crippen LogP contribution is 2.40. The van der Waals surface area contributed by atoms with Crippen LogP contribution in [0.5, 0.6) is 0 Å². The van der Waals surface area contributed by atoms with Gasteiger partial charge in [-0.05, 0) is 59.1 Å². The number of nitrogens with zero attached hydrogens (tertiary/aromatic N) is 3. The zero-order valence-corrected chi connectivity index (χ0v) is 20.2. The molecule has 2 aliphatic rings. The van der Waals surface area contributed by atoms with Gasteiger partial charge in [-0.15, -0.1) is 0 Å². The molecule has 0 atom stereocenters. The largest absolute Gasteiger partial charge is 0.416 e. The second kappa shape index (κ2) is 9.62. The van der Waals surface area contributed by atoms with Gasteiger partial charge in [0.25, 0.3) is 5.91 Å². The molecule has 2 N–H and O–H groups in total. The van der Waals surface area contributed by atoms with Crippen molar-refractivity contribution in [1.82, 2.24) is 20.4 Å². The van der Waals surface area contributed by atoms with Crippen molar-refractivity contribution in [1.29, 1.82) is 0 Å². The van der Waals surface area contributed by atoms with Crippen LogP contribution in [0.2, 0.25) is 5.02 Å². The van der Waals surface area contributed by atoms with Gasteiger partial charge in [-0.1, -0.05) is 23.7 Å². The van der Waals surface area contributed by atoms with E-state index in [0.717, 1.165) is 28.7 Å². The Morgan fingerprint density at radius 1 is 1.14 bits per heavy atom. The molecule has 186 valence electrons. The number of amides is 2. The first kappa shape index (κ1) is 24.4. The molecule has 1 saturated heterocycles. The highest BCUT2D eigenvalue weighted by atomic mass is 35.5. The number of hydrogen-bond donors (Lipinski definition) is 2. The van der Waals surface area contributed by atoms with E-state index >= 15 is 0 Å². The van der Waals surface area contributed by atoms with E-state index in [-0.39, 0.29) is 34.2 Å². The number of alkyl halides is 3. The number of halogens is 4. The Morgan fingerprint density at radius 3 is 2.78 bits per heavy atom. The Balaban J connectivity index is 1.58. The number of allylic oxidation sites excluding steroid dienone is 1. The first-order chi connectivity index (χ1) is 17.2. The van der Waals surface area contributed by atoms with Crippen molar-refractivity contribution in [2.75, 3.05) is 19.6 Å². The van der Waals surface area contributed by atoms with Crippen molar-refractivity contribution in [3.63, 3.8) is 0 Å². The minimum Gasteiger partial charge on any atom is -0.354 e. The van der Waals surface area contributed by atoms with Gasteiger partial charge in [-0.3, -0.25) is 14.7 Å². The predicted molar refractivity (Wildman–Crippen MR) is 132 cm³/mol. The third-order valence-corrected chi connectivity index (χ3v) is 7.37. The van der Waals surface area contributed by atoms with Crippen LogP contribution >= 0.6 is 23.4 Å². The maximum Gasteiger partial charge on any atom is 0.416 e. The minimum absolute atomic E-state index is 0.00638. The molecule has 7 nitrogen and oxygen atoms in total. The fourth-order valence-electron chi connectivity index (χ4n) is 4.18. The summed E-state index contributed by atoms with van der Waals surface area (Å²) in [7, 11) is 0. The summed E-state index contributed by atoms with van der Waals surface area (Å²) in [6.45, 7) is 1.28. The lowest BCUT2D eigenvalue weighted by Crippen LogP contribution is -2.31. The highest BCUT2D eigenvalue weighted by Gasteiger charge is 2.35. The molecule has 1 fully saturated rings. The van der Waals surface area contributed by atoms with E-state index in [0.29, 0.717) is 35.9 Å². The zero-order chi connectivity index (χ0) is 25.4. The molecule has 2 amide bonds. The molecular weight excluding hydrogens is 515 g/mol. The Kier molecular flexibility index (Phi) is 6.52. The van der Waals surface area contributed by atoms with Gasteiger partial charge >= 0.3 is 6.18 Å². The van der Waals surface area contributed by atoms with Crippen LogP contribution in [0.15, 0.2) is 52.5 Å². The van der Waals surface area contributed by atoms with Crippen LogP contribution in [0, 0.1) is 0 Å². The van der Waals surface area contributed by atoms with Gasteiger partial charge in [0, 0.05) is 36.5 Å². The molecule has 0 unspecified atom stereocenters. The van der Waals surface area contributed by atoms with E-state index in [1.54, 1.807) is 24.4 Å². The second-order valence-corrected chi connectivity index (χ2v) is 9.76. The summed E-state index contributed by atoms with van der Waals surface area (Å²) < 4.78 is 41.6. The summed E-state index contributed by atoms with van der Waals surface area (Å²) in [5.41, 5.74) is 0.907. The predicted octanol–water partition coefficient (Wildman–Crippen LogP) is 4.64. The molecule has 12 heteroatoms. The minimum atomic E-state index is -4.62. The summed E-state index contributed by atoms with van der Waals surface area (Å²) in [6.07, 6.45) is -2.91. The molecule has 2 aromatic carbocycles. The van der Waals surface area contributed by atoms with Crippen molar-refractivity contribution >= 4 is 56.8 Å². The Bertz CT molecular complexity index is 1430. The lowest BCUT2D eigenvalue weighted by molar-refractivity contribution is -0.138. The Labute approximate surface area is 212 Å². The van der Waals surface area contributed by atoms with E-state index in [9.17, 15) is 22.8 Å². The number of rotatable bonds is 3. The molecule has 3 heterocycles. The average Bonchev–Trinajstić information content (AvgIpc) is 3.39. The maximum atomic E-state index is 13.9. The van der Waals surface area contributed by atoms with E-state index in [4.69, 9.17) is 11.6 Å². The number of carbonyl (C=O) groups is 2. The summed E-state index contributed by atoms with van der Waals surface area (Å²) >= 11 is 6.99. The number of thioether (sulfide) groups is 1. The monoisotopic (exact) mass is 533 g/mol. The van der Waals surface area contributed by atoms with Gasteiger partial charge < -0.3 is 10.2 Å². The van der Waals surface area contributed by atoms with Gasteiger partial charge in [0.1, 0.15) is 0 Å². The molecule has 5 rings (SSSR count). The van der Waals surface area contributed by atoms with Crippen LogP contribution in [-0.4, -0.2) is 51.7 Å². The molecule has 0 spiro atoms. The molecular formula is C24H19ClF3N5O2S. The second-order valence-electron chi connectivity index (χ2n) is 8.34. The van der Waals surface area contributed by atoms with Crippen LogP contribution in [0.1, 0.15) is 23.1 Å². The van der Waals surface area contributed by atoms with Gasteiger partial charge in [-0.2, -0.15) is 23.3 Å². The van der Waals surface area contributed by atoms with Crippen LogP contribution in [0.25, 0.3) is 16.5 Å². The molecule has 1 aromatic heterocycles. The van der Waals surface area contributed by atoms with Crippen molar-refractivity contribution in [3.8, 4) is 0 Å². The van der Waals surface area contributed by atoms with Crippen molar-refractivity contribution < 1.29 is 22.8 Å². The topological polar surface area (TPSA) is 90.5 Å². The number of carbonyl (C=O) groups excluding carboxylic acids is 2. The molecule has 0 bridgehead atoms. The Hall–Kier alpha value is -3.31. The number of fused-ring (bicyclic) bond motifs is 1. The number of aliphatic imine (C=N–C) groups is 1. The molecule has 3 aromatic rings. The average molecular weight is 534 g/mol. The summed E-state index contributed by atoms with van der Waals surface area (Å²) in [5.74, 6) is -0.608. The van der Waals surface area contributed by atoms with E-state index in [1.165, 1.54) is 12.1 Å². The van der Waals surface area contributed by atoms with Crippen LogP contribution in [0.4, 0.5) is 13.2 Å². The van der Waals surface area contributed by atoms with Crippen LogP contribution < -0.4 is 5.32 Å². The van der Waals surface area contributed by atoms with E-state index in [1.807, 2.05) is 4.90 Å². The summed E-state index contributed by atoms with van der Waals surface area (Å²) in [6, 6.07) is 8.92. The first-order valence-electron chi connectivity index (χ1n) is 11.0. The van der Waals surface area contributed by atoms with Gasteiger partial charge in [0.15, 0.2) is 5.17 Å². The molecule has 0 radical (unpaired) electrons. The first-order valence-corrected chi connectivity index (χ1v) is 12.2. The SMILES string of the molecule is O=C1CCN(C2=NC(=O)C(=C(Cc3ccc(Cl)cc3C(F)(F)F)c3ccc4[nH]ncc4c3)S2)CCN1. The van der Waals surface area contributed by atoms with E-state index < -0.39 is 17.6 Å². The number of hydrogen-bond acceptors (Lipinski definition) is 5. The number of aromatic nitrogens is 2. The highest BCUT2D eigenvalue weighted by molar-refractivity contribution is 8.18. The number of aromatic amines is 1. The number of amidine groups is 1. The molecule has 2 aliphatic heterocycles. The lowest BCUT2D eigenvalue weighted by Gasteiger charge is -2.20. The third kappa shape index (κ3) is 4.98. The van der Waals surface area contributed by atoms with Gasteiger partial charge in [0.05, 0.1) is 22.2 Å².